The molecule has 3 aromatic rings. The van der Waals surface area contributed by atoms with Crippen LogP contribution in [0.2, 0.25) is 0 Å². The van der Waals surface area contributed by atoms with Crippen LogP contribution in [0.3, 0.4) is 0 Å². The highest BCUT2D eigenvalue weighted by Gasteiger charge is 2.20. The molecule has 0 spiro atoms. The van der Waals surface area contributed by atoms with Crippen LogP contribution in [0.5, 0.6) is 5.75 Å². The summed E-state index contributed by atoms with van der Waals surface area (Å²) in [5.74, 6) is 0.574. The molecule has 6 nitrogen and oxygen atoms in total. The van der Waals surface area contributed by atoms with E-state index >= 15 is 0 Å². The van der Waals surface area contributed by atoms with Crippen molar-refractivity contribution in [2.24, 2.45) is 0 Å². The highest BCUT2D eigenvalue weighted by Crippen LogP contribution is 2.20. The van der Waals surface area contributed by atoms with Crippen LogP contribution in [0.4, 0.5) is 10.5 Å². The van der Waals surface area contributed by atoms with E-state index in [2.05, 4.69) is 4.98 Å². The Bertz CT molecular complexity index is 1210. The van der Waals surface area contributed by atoms with Crippen LogP contribution in [0, 0.1) is 0 Å². The maximum absolute atomic E-state index is 12.4. The number of ketones is 1. The third-order valence-electron chi connectivity index (χ3n) is 4.74. The van der Waals surface area contributed by atoms with Gasteiger partial charge in [-0.2, -0.15) is 0 Å². The first-order valence-electron chi connectivity index (χ1n) is 10.6. The van der Waals surface area contributed by atoms with E-state index in [1.807, 2.05) is 75.4 Å². The van der Waals surface area contributed by atoms with Gasteiger partial charge in [-0.05, 0) is 68.8 Å². The highest BCUT2D eigenvalue weighted by molar-refractivity contribution is 6.04. The third-order valence-corrected chi connectivity index (χ3v) is 4.74. The minimum Gasteiger partial charge on any atom is -0.497 e. The Morgan fingerprint density at radius 1 is 0.970 bits per heavy atom. The number of fused-ring (bicyclic) bond motifs is 1. The first-order valence-corrected chi connectivity index (χ1v) is 10.6. The topological polar surface area (TPSA) is 68.7 Å². The van der Waals surface area contributed by atoms with Crippen LogP contribution in [0.25, 0.3) is 17.0 Å². The number of aromatic nitrogens is 1. The number of nitrogens with zero attached hydrogens (tertiary/aromatic N) is 2. The van der Waals surface area contributed by atoms with Crippen molar-refractivity contribution in [3.63, 3.8) is 0 Å². The van der Waals surface area contributed by atoms with Crippen molar-refractivity contribution in [2.75, 3.05) is 19.1 Å². The number of carbonyl (C=O) groups excluding carboxylic acids is 2. The Balaban J connectivity index is 1.61. The summed E-state index contributed by atoms with van der Waals surface area (Å²) in [6.45, 7) is 5.50. The molecular formula is C27H28N2O4. The molecule has 6 heteroatoms. The molecule has 0 saturated carbocycles. The Kier molecular flexibility index (Phi) is 7.28. The second kappa shape index (κ2) is 10.1. The molecular weight excluding hydrogens is 416 g/mol. The van der Waals surface area contributed by atoms with Gasteiger partial charge in [0.2, 0.25) is 5.78 Å². The van der Waals surface area contributed by atoms with Crippen molar-refractivity contribution < 1.29 is 19.1 Å². The lowest BCUT2D eigenvalue weighted by Gasteiger charge is -2.24. The largest absolute Gasteiger partial charge is 0.497 e. The maximum Gasteiger partial charge on any atom is 0.414 e. The molecule has 1 heterocycles. The van der Waals surface area contributed by atoms with E-state index in [0.717, 1.165) is 27.9 Å². The fourth-order valence-corrected chi connectivity index (χ4v) is 3.01. The summed E-state index contributed by atoms with van der Waals surface area (Å²) in [6.07, 6.45) is 6.42. The molecule has 0 radical (unpaired) electrons. The lowest BCUT2D eigenvalue weighted by Crippen LogP contribution is -2.34. The van der Waals surface area contributed by atoms with Crippen molar-refractivity contribution in [2.45, 2.75) is 26.4 Å². The van der Waals surface area contributed by atoms with Gasteiger partial charge in [0.1, 0.15) is 17.0 Å². The number of hydrogen-bond acceptors (Lipinski definition) is 5. The van der Waals surface area contributed by atoms with Gasteiger partial charge in [0.05, 0.1) is 12.6 Å². The molecule has 170 valence electrons. The smallest absolute Gasteiger partial charge is 0.414 e. The molecule has 0 aliphatic carbocycles. The van der Waals surface area contributed by atoms with Crippen LogP contribution in [-0.2, 0) is 4.74 Å². The van der Waals surface area contributed by atoms with Crippen LogP contribution >= 0.6 is 0 Å². The maximum atomic E-state index is 12.4. The Labute approximate surface area is 194 Å². The van der Waals surface area contributed by atoms with Crippen molar-refractivity contribution in [3.8, 4) is 5.75 Å². The molecule has 33 heavy (non-hydrogen) atoms. The normalized spacial score (nSPS) is 11.8. The van der Waals surface area contributed by atoms with E-state index in [-0.39, 0.29) is 5.78 Å². The van der Waals surface area contributed by atoms with E-state index in [0.29, 0.717) is 5.69 Å². The highest BCUT2D eigenvalue weighted by atomic mass is 16.6. The SMILES string of the molecule is COc1ccc2nc(C(=O)/C=C/C=C/c3ccc(N(C)C(=O)OC(C)(C)C)cc3)ccc2c1. The number of anilines is 1. The fraction of sp³-hybridized carbons (Fsp3) is 0.222. The van der Waals surface area contributed by atoms with Crippen LogP contribution in [0.15, 0.2) is 72.8 Å². The number of rotatable bonds is 6. The molecule has 2 aromatic carbocycles. The molecule has 0 N–H and O–H groups in total. The quantitative estimate of drug-likeness (QED) is 0.262. The standard InChI is InChI=1S/C27H28N2O4/c1-27(2,3)33-26(31)29(4)21-13-10-19(11-14-21)8-6-7-9-25(30)24-16-12-20-18-22(32-5)15-17-23(20)28-24/h6-18H,1-5H3/b8-6+,9-7+. The Morgan fingerprint density at radius 3 is 2.36 bits per heavy atom. The van der Waals surface area contributed by atoms with Crippen molar-refractivity contribution in [1.82, 2.24) is 4.98 Å². The first kappa shape index (κ1) is 23.7. The summed E-state index contributed by atoms with van der Waals surface area (Å²) in [5, 5.41) is 0.913. The van der Waals surface area contributed by atoms with E-state index in [4.69, 9.17) is 9.47 Å². The number of amides is 1. The van der Waals surface area contributed by atoms with Crippen LogP contribution in [0.1, 0.15) is 36.8 Å². The van der Waals surface area contributed by atoms with E-state index in [1.165, 1.54) is 11.0 Å². The van der Waals surface area contributed by atoms with Gasteiger partial charge in [0.15, 0.2) is 0 Å². The lowest BCUT2D eigenvalue weighted by atomic mass is 10.1. The molecule has 0 aliphatic rings. The van der Waals surface area contributed by atoms with Crippen LogP contribution in [-0.4, -0.2) is 36.6 Å². The fourth-order valence-electron chi connectivity index (χ4n) is 3.01. The second-order valence-corrected chi connectivity index (χ2v) is 8.47. The number of allylic oxidation sites excluding steroid dienone is 3. The van der Waals surface area contributed by atoms with E-state index < -0.39 is 11.7 Å². The minimum absolute atomic E-state index is 0.174. The zero-order valence-electron chi connectivity index (χ0n) is 19.5. The summed E-state index contributed by atoms with van der Waals surface area (Å²) < 4.78 is 10.6. The Morgan fingerprint density at radius 2 is 1.70 bits per heavy atom. The van der Waals surface area contributed by atoms with Gasteiger partial charge in [-0.15, -0.1) is 0 Å². The van der Waals surface area contributed by atoms with E-state index in [9.17, 15) is 9.59 Å². The molecule has 0 bridgehead atoms. The van der Waals surface area contributed by atoms with Gasteiger partial charge in [0.25, 0.3) is 0 Å². The monoisotopic (exact) mass is 444 g/mol. The van der Waals surface area contributed by atoms with Crippen molar-refractivity contribution in [3.05, 3.63) is 84.1 Å². The van der Waals surface area contributed by atoms with Gasteiger partial charge < -0.3 is 9.47 Å². The average Bonchev–Trinajstić information content (AvgIpc) is 2.79. The number of ether oxygens (including phenoxy) is 2. The summed E-state index contributed by atoms with van der Waals surface area (Å²) in [6, 6.07) is 16.6. The average molecular weight is 445 g/mol. The van der Waals surface area contributed by atoms with Gasteiger partial charge in [-0.3, -0.25) is 9.69 Å². The summed E-state index contributed by atoms with van der Waals surface area (Å²) >= 11 is 0. The number of hydrogen-bond donors (Lipinski definition) is 0. The zero-order valence-corrected chi connectivity index (χ0v) is 19.5. The summed E-state index contributed by atoms with van der Waals surface area (Å²) in [7, 11) is 3.28. The minimum atomic E-state index is -0.548. The molecule has 0 aliphatic heterocycles. The predicted molar refractivity (Wildman–Crippen MR) is 132 cm³/mol. The number of carbonyl (C=O) groups is 2. The summed E-state index contributed by atoms with van der Waals surface area (Å²) in [4.78, 5) is 30.5. The Hall–Kier alpha value is -3.93. The molecule has 0 atom stereocenters. The van der Waals surface area contributed by atoms with Crippen molar-refractivity contribution in [1.29, 1.82) is 0 Å². The van der Waals surface area contributed by atoms with Gasteiger partial charge in [-0.1, -0.05) is 36.4 Å². The summed E-state index contributed by atoms with van der Waals surface area (Å²) in [5.41, 5.74) is 2.24. The third kappa shape index (κ3) is 6.53. The molecule has 0 unspecified atom stereocenters. The van der Waals surface area contributed by atoms with Gasteiger partial charge in [0, 0.05) is 18.1 Å². The molecule has 3 rings (SSSR count). The van der Waals surface area contributed by atoms with Gasteiger partial charge in [-0.25, -0.2) is 9.78 Å². The molecule has 1 aromatic heterocycles. The number of pyridine rings is 1. The molecule has 1 amide bonds. The second-order valence-electron chi connectivity index (χ2n) is 8.47. The number of methoxy groups -OCH3 is 1. The first-order chi connectivity index (χ1) is 15.7. The van der Waals surface area contributed by atoms with Gasteiger partial charge >= 0.3 is 6.09 Å². The zero-order chi connectivity index (χ0) is 24.0. The molecule has 0 fully saturated rings. The van der Waals surface area contributed by atoms with Crippen molar-refractivity contribution >= 4 is 34.5 Å². The number of benzene rings is 2. The van der Waals surface area contributed by atoms with Crippen LogP contribution < -0.4 is 9.64 Å². The lowest BCUT2D eigenvalue weighted by molar-refractivity contribution is 0.0589. The predicted octanol–water partition coefficient (Wildman–Crippen LogP) is 6.07. The van der Waals surface area contributed by atoms with E-state index in [1.54, 1.807) is 32.4 Å². The molecule has 0 saturated heterocycles.